The predicted molar refractivity (Wildman–Crippen MR) is 115 cm³/mol. The van der Waals surface area contributed by atoms with Crippen LogP contribution in [0.25, 0.3) is 22.2 Å². The summed E-state index contributed by atoms with van der Waals surface area (Å²) in [5.41, 5.74) is 2.39. The molecule has 0 bridgehead atoms. The van der Waals surface area contributed by atoms with Crippen LogP contribution in [-0.2, 0) is 0 Å². The van der Waals surface area contributed by atoms with E-state index in [1.165, 1.54) is 13.2 Å². The Labute approximate surface area is 177 Å². The summed E-state index contributed by atoms with van der Waals surface area (Å²) in [7, 11) is 3.09. The summed E-state index contributed by atoms with van der Waals surface area (Å²) in [6.45, 7) is 0. The summed E-state index contributed by atoms with van der Waals surface area (Å²) in [5.74, 6) is -1.39. The number of hydrogen-bond donors (Lipinski definition) is 1. The maximum atomic E-state index is 13.5. The zero-order chi connectivity index (χ0) is 22.0. The Kier molecular flexibility index (Phi) is 5.49. The van der Waals surface area contributed by atoms with Crippen molar-refractivity contribution in [2.45, 2.75) is 0 Å². The fourth-order valence-corrected chi connectivity index (χ4v) is 3.28. The number of halogens is 2. The lowest BCUT2D eigenvalue weighted by Crippen LogP contribution is -2.13. The number of methoxy groups -OCH3 is 2. The van der Waals surface area contributed by atoms with Crippen LogP contribution in [0.15, 0.2) is 66.7 Å². The Hall–Kier alpha value is -4.00. The van der Waals surface area contributed by atoms with Gasteiger partial charge in [0.2, 0.25) is 0 Å². The predicted octanol–water partition coefficient (Wildman–Crippen LogP) is 5.45. The Bertz CT molecular complexity index is 1290. The van der Waals surface area contributed by atoms with E-state index in [0.29, 0.717) is 33.7 Å². The Morgan fingerprint density at radius 1 is 0.871 bits per heavy atom. The number of carbonyl (C=O) groups excluding carboxylic acids is 1. The quantitative estimate of drug-likeness (QED) is 0.466. The lowest BCUT2D eigenvalue weighted by Gasteiger charge is -2.12. The SMILES string of the molecule is COc1ccc(-c2cc(C(=O)Nc3ccc(F)c(F)c3)c3ccccc3n2)cc1OC. The fraction of sp³-hybridized carbons (Fsp3) is 0.0833. The molecule has 4 rings (SSSR count). The third-order valence-corrected chi connectivity index (χ3v) is 4.82. The van der Waals surface area contributed by atoms with Gasteiger partial charge in [0.15, 0.2) is 23.1 Å². The molecule has 156 valence electrons. The summed E-state index contributed by atoms with van der Waals surface area (Å²) in [6, 6.07) is 17.4. The van der Waals surface area contributed by atoms with Crippen molar-refractivity contribution in [2.24, 2.45) is 0 Å². The molecular weight excluding hydrogens is 402 g/mol. The third kappa shape index (κ3) is 4.02. The number of hydrogen-bond acceptors (Lipinski definition) is 4. The van der Waals surface area contributed by atoms with E-state index in [1.807, 2.05) is 12.1 Å². The van der Waals surface area contributed by atoms with Crippen LogP contribution in [-0.4, -0.2) is 25.1 Å². The summed E-state index contributed by atoms with van der Waals surface area (Å²) in [6.07, 6.45) is 0. The molecule has 1 N–H and O–H groups in total. The van der Waals surface area contributed by atoms with Gasteiger partial charge in [0.1, 0.15) is 0 Å². The number of amides is 1. The van der Waals surface area contributed by atoms with Gasteiger partial charge in [-0.05, 0) is 42.5 Å². The van der Waals surface area contributed by atoms with Crippen molar-refractivity contribution in [3.05, 3.63) is 83.9 Å². The molecule has 0 radical (unpaired) electrons. The van der Waals surface area contributed by atoms with Gasteiger partial charge < -0.3 is 14.8 Å². The van der Waals surface area contributed by atoms with Gasteiger partial charge in [-0.3, -0.25) is 4.79 Å². The molecule has 3 aromatic carbocycles. The van der Waals surface area contributed by atoms with E-state index in [1.54, 1.807) is 43.5 Å². The van der Waals surface area contributed by atoms with Crippen LogP contribution in [0, 0.1) is 11.6 Å². The number of para-hydroxylation sites is 1. The molecule has 31 heavy (non-hydrogen) atoms. The molecule has 0 aliphatic heterocycles. The maximum Gasteiger partial charge on any atom is 0.256 e. The second kappa shape index (κ2) is 8.39. The molecule has 0 saturated heterocycles. The number of pyridine rings is 1. The average molecular weight is 420 g/mol. The van der Waals surface area contributed by atoms with Crippen molar-refractivity contribution in [3.63, 3.8) is 0 Å². The number of rotatable bonds is 5. The number of anilines is 1. The minimum Gasteiger partial charge on any atom is -0.493 e. The largest absolute Gasteiger partial charge is 0.493 e. The van der Waals surface area contributed by atoms with E-state index in [0.717, 1.165) is 17.7 Å². The Morgan fingerprint density at radius 3 is 2.39 bits per heavy atom. The third-order valence-electron chi connectivity index (χ3n) is 4.82. The van der Waals surface area contributed by atoms with Crippen LogP contribution in [0.5, 0.6) is 11.5 Å². The number of benzene rings is 3. The first-order valence-corrected chi connectivity index (χ1v) is 9.38. The van der Waals surface area contributed by atoms with Crippen molar-refractivity contribution in [3.8, 4) is 22.8 Å². The van der Waals surface area contributed by atoms with Gasteiger partial charge in [-0.2, -0.15) is 0 Å². The van der Waals surface area contributed by atoms with E-state index >= 15 is 0 Å². The van der Waals surface area contributed by atoms with Crippen LogP contribution < -0.4 is 14.8 Å². The Morgan fingerprint density at radius 2 is 1.65 bits per heavy atom. The van der Waals surface area contributed by atoms with Gasteiger partial charge in [0.25, 0.3) is 5.91 Å². The van der Waals surface area contributed by atoms with Crippen LogP contribution in [0.3, 0.4) is 0 Å². The number of carbonyl (C=O) groups is 1. The number of aromatic nitrogens is 1. The normalized spacial score (nSPS) is 10.7. The van der Waals surface area contributed by atoms with Gasteiger partial charge in [0.05, 0.1) is 31.0 Å². The molecule has 7 heteroatoms. The standard InChI is InChI=1S/C24H18F2N2O3/c1-30-22-10-7-14(11-23(22)31-2)21-13-17(16-5-3-4-6-20(16)28-21)24(29)27-15-8-9-18(25)19(26)12-15/h3-13H,1-2H3,(H,27,29). The van der Waals surface area contributed by atoms with Gasteiger partial charge in [-0.1, -0.05) is 18.2 Å². The monoisotopic (exact) mass is 420 g/mol. The first-order chi connectivity index (χ1) is 15.0. The van der Waals surface area contributed by atoms with Crippen molar-refractivity contribution >= 4 is 22.5 Å². The van der Waals surface area contributed by atoms with Crippen LogP contribution >= 0.6 is 0 Å². The molecule has 0 fully saturated rings. The number of nitrogens with one attached hydrogen (secondary N) is 1. The van der Waals surface area contributed by atoms with Crippen LogP contribution in [0.2, 0.25) is 0 Å². The number of ether oxygens (including phenoxy) is 2. The highest BCUT2D eigenvalue weighted by molar-refractivity contribution is 6.13. The molecule has 0 aliphatic rings. The lowest BCUT2D eigenvalue weighted by atomic mass is 10.0. The maximum absolute atomic E-state index is 13.5. The van der Waals surface area contributed by atoms with Crippen molar-refractivity contribution in [1.29, 1.82) is 0 Å². The molecule has 1 amide bonds. The minimum absolute atomic E-state index is 0.150. The topological polar surface area (TPSA) is 60.5 Å². The zero-order valence-corrected chi connectivity index (χ0v) is 16.8. The smallest absolute Gasteiger partial charge is 0.256 e. The van der Waals surface area contributed by atoms with Gasteiger partial charge >= 0.3 is 0 Å². The minimum atomic E-state index is -1.04. The summed E-state index contributed by atoms with van der Waals surface area (Å²) < 4.78 is 37.4. The first kappa shape index (κ1) is 20.3. The Balaban J connectivity index is 1.80. The van der Waals surface area contributed by atoms with Gasteiger partial charge in [-0.15, -0.1) is 0 Å². The van der Waals surface area contributed by atoms with E-state index in [4.69, 9.17) is 9.47 Å². The molecule has 0 saturated carbocycles. The summed E-state index contributed by atoms with van der Waals surface area (Å²) in [5, 5.41) is 3.25. The average Bonchev–Trinajstić information content (AvgIpc) is 2.80. The molecule has 0 atom stereocenters. The molecule has 0 unspecified atom stereocenters. The molecule has 0 aliphatic carbocycles. The van der Waals surface area contributed by atoms with E-state index < -0.39 is 17.5 Å². The van der Waals surface area contributed by atoms with Crippen LogP contribution in [0.4, 0.5) is 14.5 Å². The van der Waals surface area contributed by atoms with E-state index in [-0.39, 0.29) is 5.69 Å². The van der Waals surface area contributed by atoms with Gasteiger partial charge in [0, 0.05) is 22.7 Å². The highest BCUT2D eigenvalue weighted by Crippen LogP contribution is 2.33. The van der Waals surface area contributed by atoms with Crippen molar-refractivity contribution in [2.75, 3.05) is 19.5 Å². The molecule has 0 spiro atoms. The van der Waals surface area contributed by atoms with E-state index in [2.05, 4.69) is 10.3 Å². The number of nitrogens with zero attached hydrogens (tertiary/aromatic N) is 1. The number of fused-ring (bicyclic) bond motifs is 1. The van der Waals surface area contributed by atoms with E-state index in [9.17, 15) is 13.6 Å². The summed E-state index contributed by atoms with van der Waals surface area (Å²) in [4.78, 5) is 17.7. The zero-order valence-electron chi connectivity index (χ0n) is 16.8. The highest BCUT2D eigenvalue weighted by atomic mass is 19.2. The second-order valence-electron chi connectivity index (χ2n) is 6.72. The fourth-order valence-electron chi connectivity index (χ4n) is 3.28. The lowest BCUT2D eigenvalue weighted by molar-refractivity contribution is 0.102. The second-order valence-corrected chi connectivity index (χ2v) is 6.72. The molecule has 4 aromatic rings. The van der Waals surface area contributed by atoms with Crippen molar-refractivity contribution in [1.82, 2.24) is 4.98 Å². The van der Waals surface area contributed by atoms with Crippen molar-refractivity contribution < 1.29 is 23.0 Å². The first-order valence-electron chi connectivity index (χ1n) is 9.38. The van der Waals surface area contributed by atoms with Crippen LogP contribution in [0.1, 0.15) is 10.4 Å². The molecular formula is C24H18F2N2O3. The summed E-state index contributed by atoms with van der Waals surface area (Å²) >= 11 is 0. The molecule has 1 aromatic heterocycles. The van der Waals surface area contributed by atoms with Gasteiger partial charge in [-0.25, -0.2) is 13.8 Å². The highest BCUT2D eigenvalue weighted by Gasteiger charge is 2.16. The molecule has 5 nitrogen and oxygen atoms in total. The molecule has 1 heterocycles.